The van der Waals surface area contributed by atoms with Gasteiger partial charge in [0, 0.05) is 25.4 Å². The summed E-state index contributed by atoms with van der Waals surface area (Å²) in [5.41, 5.74) is 0. The number of nitrogens with one attached hydrogen (secondary N) is 2. The Hall–Kier alpha value is -1.43. The lowest BCUT2D eigenvalue weighted by Crippen LogP contribution is -2.35. The zero-order valence-corrected chi connectivity index (χ0v) is 11.4. The summed E-state index contributed by atoms with van der Waals surface area (Å²) in [5.74, 6) is 1.31. The maximum Gasteiger partial charge on any atom is 0.228 e. The van der Waals surface area contributed by atoms with E-state index in [-0.39, 0.29) is 5.91 Å². The van der Waals surface area contributed by atoms with Crippen LogP contribution < -0.4 is 10.6 Å². The van der Waals surface area contributed by atoms with Crippen molar-refractivity contribution in [1.29, 1.82) is 0 Å². The van der Waals surface area contributed by atoms with Gasteiger partial charge in [0.15, 0.2) is 5.82 Å². The Morgan fingerprint density at radius 1 is 1.53 bits per heavy atom. The number of carbonyl (C=O) groups is 1. The summed E-state index contributed by atoms with van der Waals surface area (Å²) in [4.78, 5) is 15.8. The molecule has 0 aliphatic carbocycles. The summed E-state index contributed by atoms with van der Waals surface area (Å²) in [6.07, 6.45) is 5.82. The molecule has 19 heavy (non-hydrogen) atoms. The maximum absolute atomic E-state index is 11.7. The van der Waals surface area contributed by atoms with E-state index in [1.54, 1.807) is 6.92 Å². The van der Waals surface area contributed by atoms with Gasteiger partial charge in [0.1, 0.15) is 0 Å². The fourth-order valence-electron chi connectivity index (χ4n) is 2.31. The normalized spacial score (nSPS) is 19.3. The summed E-state index contributed by atoms with van der Waals surface area (Å²) in [7, 11) is 0. The minimum atomic E-state index is 0.101. The molecular formula is C13H22N4O2. The Balaban J connectivity index is 1.56. The number of rotatable bonds is 6. The lowest BCUT2D eigenvalue weighted by molar-refractivity contribution is -0.121. The standard InChI is InChI=1S/C13H22N4O2/c1-10-16-13(19-17-10)7-9-15-12(18)6-5-11-4-2-3-8-14-11/h11,14H,2-9H2,1H3,(H,15,18). The Labute approximate surface area is 113 Å². The van der Waals surface area contributed by atoms with E-state index in [0.29, 0.717) is 37.1 Å². The van der Waals surface area contributed by atoms with Crippen molar-refractivity contribution in [2.75, 3.05) is 13.1 Å². The van der Waals surface area contributed by atoms with Crippen molar-refractivity contribution < 1.29 is 9.32 Å². The second kappa shape index (κ2) is 7.23. The van der Waals surface area contributed by atoms with Gasteiger partial charge in [-0.1, -0.05) is 11.6 Å². The van der Waals surface area contributed by atoms with Crippen molar-refractivity contribution in [3.63, 3.8) is 0 Å². The SMILES string of the molecule is Cc1noc(CCNC(=O)CCC2CCCCN2)n1. The van der Waals surface area contributed by atoms with Crippen molar-refractivity contribution >= 4 is 5.91 Å². The van der Waals surface area contributed by atoms with Crippen LogP contribution in [0.3, 0.4) is 0 Å². The second-order valence-electron chi connectivity index (χ2n) is 5.02. The van der Waals surface area contributed by atoms with Gasteiger partial charge in [-0.15, -0.1) is 0 Å². The highest BCUT2D eigenvalue weighted by atomic mass is 16.5. The molecule has 2 rings (SSSR count). The Morgan fingerprint density at radius 3 is 3.11 bits per heavy atom. The minimum Gasteiger partial charge on any atom is -0.356 e. The van der Waals surface area contributed by atoms with E-state index in [2.05, 4.69) is 20.8 Å². The van der Waals surface area contributed by atoms with Gasteiger partial charge in [-0.25, -0.2) is 0 Å². The molecule has 0 bridgehead atoms. The first kappa shape index (κ1) is 14.0. The van der Waals surface area contributed by atoms with E-state index >= 15 is 0 Å². The fraction of sp³-hybridized carbons (Fsp3) is 0.769. The molecule has 106 valence electrons. The summed E-state index contributed by atoms with van der Waals surface area (Å²) in [6.45, 7) is 3.42. The third-order valence-corrected chi connectivity index (χ3v) is 3.36. The lowest BCUT2D eigenvalue weighted by Gasteiger charge is -2.22. The molecule has 1 atom stereocenters. The summed E-state index contributed by atoms with van der Waals surface area (Å²) in [5, 5.41) is 10.0. The van der Waals surface area contributed by atoms with Gasteiger partial charge in [-0.2, -0.15) is 4.98 Å². The molecular weight excluding hydrogens is 244 g/mol. The highest BCUT2D eigenvalue weighted by Crippen LogP contribution is 2.11. The molecule has 1 aliphatic rings. The summed E-state index contributed by atoms with van der Waals surface area (Å²) >= 11 is 0. The van der Waals surface area contributed by atoms with Crippen LogP contribution in [0.2, 0.25) is 0 Å². The van der Waals surface area contributed by atoms with Crippen LogP contribution in [-0.4, -0.2) is 35.2 Å². The monoisotopic (exact) mass is 266 g/mol. The van der Waals surface area contributed by atoms with Crippen LogP contribution in [0.4, 0.5) is 0 Å². The van der Waals surface area contributed by atoms with Crippen molar-refractivity contribution in [2.24, 2.45) is 0 Å². The second-order valence-corrected chi connectivity index (χ2v) is 5.02. The number of nitrogens with zero attached hydrogens (tertiary/aromatic N) is 2. The zero-order chi connectivity index (χ0) is 13.5. The predicted octanol–water partition coefficient (Wildman–Crippen LogP) is 0.959. The maximum atomic E-state index is 11.7. The number of piperidine rings is 1. The Morgan fingerprint density at radius 2 is 2.42 bits per heavy atom. The molecule has 0 aromatic carbocycles. The first-order valence-electron chi connectivity index (χ1n) is 7.03. The number of aryl methyl sites for hydroxylation is 1. The van der Waals surface area contributed by atoms with Crippen LogP contribution in [0.25, 0.3) is 0 Å². The molecule has 1 fully saturated rings. The largest absolute Gasteiger partial charge is 0.356 e. The van der Waals surface area contributed by atoms with Crippen molar-refractivity contribution in [3.05, 3.63) is 11.7 Å². The van der Waals surface area contributed by atoms with Crippen LogP contribution in [-0.2, 0) is 11.2 Å². The molecule has 6 nitrogen and oxygen atoms in total. The van der Waals surface area contributed by atoms with Gasteiger partial charge in [0.05, 0.1) is 0 Å². The number of hydrogen-bond acceptors (Lipinski definition) is 5. The van der Waals surface area contributed by atoms with E-state index in [4.69, 9.17) is 4.52 Å². The first-order valence-corrected chi connectivity index (χ1v) is 7.03. The number of hydrogen-bond donors (Lipinski definition) is 2. The topological polar surface area (TPSA) is 80.0 Å². The molecule has 1 saturated heterocycles. The highest BCUT2D eigenvalue weighted by Gasteiger charge is 2.13. The number of carbonyl (C=O) groups excluding carboxylic acids is 1. The van der Waals surface area contributed by atoms with Crippen LogP contribution in [0.15, 0.2) is 4.52 Å². The van der Waals surface area contributed by atoms with Crippen LogP contribution >= 0.6 is 0 Å². The van der Waals surface area contributed by atoms with Gasteiger partial charge in [0.25, 0.3) is 0 Å². The lowest BCUT2D eigenvalue weighted by atomic mass is 10.0. The molecule has 1 aromatic rings. The van der Waals surface area contributed by atoms with E-state index in [9.17, 15) is 4.79 Å². The minimum absolute atomic E-state index is 0.101. The molecule has 0 spiro atoms. The van der Waals surface area contributed by atoms with Crippen molar-refractivity contribution in [2.45, 2.75) is 51.5 Å². The quantitative estimate of drug-likeness (QED) is 0.801. The third kappa shape index (κ3) is 4.98. The molecule has 1 amide bonds. The fourth-order valence-corrected chi connectivity index (χ4v) is 2.31. The number of aromatic nitrogens is 2. The molecule has 1 aliphatic heterocycles. The van der Waals surface area contributed by atoms with Gasteiger partial charge in [0.2, 0.25) is 11.8 Å². The number of amides is 1. The van der Waals surface area contributed by atoms with Gasteiger partial charge < -0.3 is 15.2 Å². The summed E-state index contributed by atoms with van der Waals surface area (Å²) in [6, 6.07) is 0.512. The van der Waals surface area contributed by atoms with Crippen LogP contribution in [0, 0.1) is 6.92 Å². The average molecular weight is 266 g/mol. The van der Waals surface area contributed by atoms with E-state index in [1.807, 2.05) is 0 Å². The average Bonchev–Trinajstić information content (AvgIpc) is 2.83. The van der Waals surface area contributed by atoms with Gasteiger partial charge >= 0.3 is 0 Å². The third-order valence-electron chi connectivity index (χ3n) is 3.36. The van der Waals surface area contributed by atoms with E-state index in [1.165, 1.54) is 19.3 Å². The van der Waals surface area contributed by atoms with Crippen LogP contribution in [0.1, 0.15) is 43.8 Å². The van der Waals surface area contributed by atoms with E-state index in [0.717, 1.165) is 13.0 Å². The van der Waals surface area contributed by atoms with Crippen molar-refractivity contribution in [3.8, 4) is 0 Å². The van der Waals surface area contributed by atoms with E-state index < -0.39 is 0 Å². The van der Waals surface area contributed by atoms with Crippen LogP contribution in [0.5, 0.6) is 0 Å². The van der Waals surface area contributed by atoms with Gasteiger partial charge in [-0.3, -0.25) is 4.79 Å². The molecule has 2 heterocycles. The Bertz CT molecular complexity index is 399. The molecule has 0 saturated carbocycles. The molecule has 1 unspecified atom stereocenters. The van der Waals surface area contributed by atoms with Gasteiger partial charge in [-0.05, 0) is 32.7 Å². The molecule has 1 aromatic heterocycles. The zero-order valence-electron chi connectivity index (χ0n) is 11.4. The molecule has 0 radical (unpaired) electrons. The summed E-state index contributed by atoms with van der Waals surface area (Å²) < 4.78 is 4.98. The smallest absolute Gasteiger partial charge is 0.228 e. The first-order chi connectivity index (χ1) is 9.24. The highest BCUT2D eigenvalue weighted by molar-refractivity contribution is 5.75. The molecule has 2 N–H and O–H groups in total. The molecule has 6 heteroatoms. The Kier molecular flexibility index (Phi) is 5.32. The van der Waals surface area contributed by atoms with Crippen molar-refractivity contribution in [1.82, 2.24) is 20.8 Å². The predicted molar refractivity (Wildman–Crippen MR) is 70.6 cm³/mol.